The fraction of sp³-hybridized carbons (Fsp3) is 0.379. The van der Waals surface area contributed by atoms with E-state index in [0.29, 0.717) is 23.6 Å². The van der Waals surface area contributed by atoms with Gasteiger partial charge in [0.1, 0.15) is 5.75 Å². The summed E-state index contributed by atoms with van der Waals surface area (Å²) in [5.41, 5.74) is 3.11. The fourth-order valence-corrected chi connectivity index (χ4v) is 5.86. The number of fused-ring (bicyclic) bond motifs is 3. The number of ether oxygens (including phenoxy) is 1. The van der Waals surface area contributed by atoms with Crippen LogP contribution in [0.5, 0.6) is 5.75 Å². The van der Waals surface area contributed by atoms with Gasteiger partial charge >= 0.3 is 6.18 Å². The van der Waals surface area contributed by atoms with E-state index in [1.165, 1.54) is 25.0 Å². The molecule has 3 aliphatic heterocycles. The summed E-state index contributed by atoms with van der Waals surface area (Å²) in [5, 5.41) is 3.83. The minimum Gasteiger partial charge on any atom is -0.496 e. The second kappa shape index (κ2) is 10.0. The molecule has 6 rings (SSSR count). The normalized spacial score (nSPS) is 23.9. The molecule has 0 spiro atoms. The summed E-state index contributed by atoms with van der Waals surface area (Å²) in [5.74, 6) is 1.48. The quantitative estimate of drug-likeness (QED) is 0.437. The third kappa shape index (κ3) is 5.09. The maximum atomic E-state index is 13.4. The predicted octanol–water partition coefficient (Wildman–Crippen LogP) is 6.18. The number of hydrogen-bond donors (Lipinski definition) is 1. The average molecular weight is 481 g/mol. The van der Waals surface area contributed by atoms with Gasteiger partial charge in [0, 0.05) is 24.2 Å². The molecule has 3 aromatic rings. The number of hydrogen-bond acceptors (Lipinski definition) is 3. The van der Waals surface area contributed by atoms with Crippen LogP contribution in [0.2, 0.25) is 0 Å². The van der Waals surface area contributed by atoms with Gasteiger partial charge in [0.25, 0.3) is 0 Å². The van der Waals surface area contributed by atoms with Crippen molar-refractivity contribution in [1.29, 1.82) is 0 Å². The lowest BCUT2D eigenvalue weighted by Gasteiger charge is -2.51. The lowest BCUT2D eigenvalue weighted by molar-refractivity contribution is -0.137. The first-order chi connectivity index (χ1) is 16.9. The van der Waals surface area contributed by atoms with Crippen molar-refractivity contribution in [2.45, 2.75) is 44.1 Å². The number of benzene rings is 3. The molecule has 3 nitrogen and oxygen atoms in total. The van der Waals surface area contributed by atoms with E-state index in [2.05, 4.69) is 22.3 Å². The zero-order valence-corrected chi connectivity index (χ0v) is 19.9. The van der Waals surface area contributed by atoms with Crippen molar-refractivity contribution in [1.82, 2.24) is 10.2 Å². The van der Waals surface area contributed by atoms with E-state index in [-0.39, 0.29) is 0 Å². The Bertz CT molecular complexity index is 1150. The van der Waals surface area contributed by atoms with Crippen molar-refractivity contribution >= 4 is 0 Å². The molecule has 1 N–H and O–H groups in total. The van der Waals surface area contributed by atoms with Crippen LogP contribution in [0.4, 0.5) is 13.2 Å². The molecule has 0 amide bonds. The molecule has 3 fully saturated rings. The largest absolute Gasteiger partial charge is 0.496 e. The monoisotopic (exact) mass is 480 g/mol. The van der Waals surface area contributed by atoms with Crippen molar-refractivity contribution in [3.8, 4) is 16.9 Å². The summed E-state index contributed by atoms with van der Waals surface area (Å²) >= 11 is 0. The van der Waals surface area contributed by atoms with E-state index in [1.807, 2.05) is 36.4 Å². The van der Waals surface area contributed by atoms with Crippen molar-refractivity contribution in [3.63, 3.8) is 0 Å². The molecule has 35 heavy (non-hydrogen) atoms. The first kappa shape index (κ1) is 23.9. The Morgan fingerprint density at radius 3 is 2.37 bits per heavy atom. The molecule has 6 heteroatoms. The summed E-state index contributed by atoms with van der Waals surface area (Å²) in [6.07, 6.45) is -1.20. The highest BCUT2D eigenvalue weighted by molar-refractivity contribution is 5.68. The maximum absolute atomic E-state index is 13.4. The first-order valence-electron chi connectivity index (χ1n) is 12.3. The molecular weight excluding hydrogens is 449 g/mol. The van der Waals surface area contributed by atoms with Gasteiger partial charge in [-0.3, -0.25) is 4.90 Å². The Balaban J connectivity index is 1.41. The van der Waals surface area contributed by atoms with Crippen LogP contribution in [0.25, 0.3) is 11.1 Å². The van der Waals surface area contributed by atoms with Crippen LogP contribution < -0.4 is 10.1 Å². The standard InChI is InChI=1S/C29H31F3N2O/c1-35-27-12-5-3-8-23(27)19-33-28-20-13-15-34(16-14-20)26(28)18-22-7-2-4-11-25(22)21-9-6-10-24(17-21)29(30,31)32/h2-12,17,20,26,28,33H,13-16,18-19H2,1H3. The highest BCUT2D eigenvalue weighted by atomic mass is 19.4. The van der Waals surface area contributed by atoms with Gasteiger partial charge in [-0.2, -0.15) is 13.2 Å². The highest BCUT2D eigenvalue weighted by Crippen LogP contribution is 2.37. The van der Waals surface area contributed by atoms with Gasteiger partial charge in [0.2, 0.25) is 0 Å². The molecule has 3 saturated heterocycles. The predicted molar refractivity (Wildman–Crippen MR) is 132 cm³/mol. The molecule has 0 aromatic heterocycles. The van der Waals surface area contributed by atoms with Crippen LogP contribution in [-0.2, 0) is 19.1 Å². The maximum Gasteiger partial charge on any atom is 0.416 e. The van der Waals surface area contributed by atoms with E-state index >= 15 is 0 Å². The molecule has 3 aromatic carbocycles. The van der Waals surface area contributed by atoms with Crippen LogP contribution in [0, 0.1) is 5.92 Å². The summed E-state index contributed by atoms with van der Waals surface area (Å²) in [4.78, 5) is 2.56. The Hall–Kier alpha value is -2.83. The van der Waals surface area contributed by atoms with Crippen molar-refractivity contribution in [2.75, 3.05) is 20.2 Å². The second-order valence-electron chi connectivity index (χ2n) is 9.60. The van der Waals surface area contributed by atoms with Crippen LogP contribution in [0.15, 0.2) is 72.8 Å². The number of halogens is 3. The van der Waals surface area contributed by atoms with Crippen molar-refractivity contribution < 1.29 is 17.9 Å². The molecule has 3 heterocycles. The highest BCUT2D eigenvalue weighted by Gasteiger charge is 2.42. The Morgan fingerprint density at radius 1 is 0.914 bits per heavy atom. The van der Waals surface area contributed by atoms with E-state index in [4.69, 9.17) is 4.74 Å². The average Bonchev–Trinajstić information content (AvgIpc) is 2.89. The molecule has 2 unspecified atom stereocenters. The number of rotatable bonds is 7. The molecule has 3 aliphatic rings. The van der Waals surface area contributed by atoms with E-state index in [0.717, 1.165) is 54.6 Å². The van der Waals surface area contributed by atoms with Crippen LogP contribution in [0.3, 0.4) is 0 Å². The smallest absolute Gasteiger partial charge is 0.416 e. The number of methoxy groups -OCH3 is 1. The molecule has 2 atom stereocenters. The van der Waals surface area contributed by atoms with Gasteiger partial charge in [0.15, 0.2) is 0 Å². The number of piperidine rings is 3. The van der Waals surface area contributed by atoms with E-state index in [9.17, 15) is 13.2 Å². The Kier molecular flexibility index (Phi) is 6.85. The first-order valence-corrected chi connectivity index (χ1v) is 12.3. The molecular formula is C29H31F3N2O. The lowest BCUT2D eigenvalue weighted by Crippen LogP contribution is -2.63. The van der Waals surface area contributed by atoms with Crippen molar-refractivity contribution in [3.05, 3.63) is 89.5 Å². The minimum atomic E-state index is -4.35. The third-order valence-electron chi connectivity index (χ3n) is 7.63. The molecule has 2 bridgehead atoms. The summed E-state index contributed by atoms with van der Waals surface area (Å²) in [7, 11) is 1.70. The fourth-order valence-electron chi connectivity index (χ4n) is 5.86. The number of alkyl halides is 3. The van der Waals surface area contributed by atoms with Crippen LogP contribution in [0.1, 0.15) is 29.5 Å². The van der Waals surface area contributed by atoms with Crippen LogP contribution in [-0.4, -0.2) is 37.2 Å². The zero-order valence-electron chi connectivity index (χ0n) is 19.9. The number of nitrogens with zero attached hydrogens (tertiary/aromatic N) is 1. The lowest BCUT2D eigenvalue weighted by atomic mass is 9.76. The van der Waals surface area contributed by atoms with Gasteiger partial charge in [-0.05, 0) is 73.2 Å². The van der Waals surface area contributed by atoms with Gasteiger partial charge in [-0.25, -0.2) is 0 Å². The third-order valence-corrected chi connectivity index (χ3v) is 7.63. The van der Waals surface area contributed by atoms with Crippen molar-refractivity contribution in [2.24, 2.45) is 5.92 Å². The van der Waals surface area contributed by atoms with E-state index in [1.54, 1.807) is 13.2 Å². The summed E-state index contributed by atoms with van der Waals surface area (Å²) < 4.78 is 45.6. The SMILES string of the molecule is COc1ccccc1CNC1C2CCN(CC2)C1Cc1ccccc1-c1cccc(C(F)(F)F)c1. The van der Waals surface area contributed by atoms with Gasteiger partial charge < -0.3 is 10.1 Å². The molecule has 0 radical (unpaired) electrons. The van der Waals surface area contributed by atoms with Gasteiger partial charge in [-0.15, -0.1) is 0 Å². The Morgan fingerprint density at radius 2 is 1.63 bits per heavy atom. The summed E-state index contributed by atoms with van der Waals surface area (Å²) in [6.45, 7) is 2.88. The Labute approximate surface area is 204 Å². The number of para-hydroxylation sites is 1. The topological polar surface area (TPSA) is 24.5 Å². The second-order valence-corrected chi connectivity index (χ2v) is 9.60. The van der Waals surface area contributed by atoms with Gasteiger partial charge in [0.05, 0.1) is 12.7 Å². The van der Waals surface area contributed by atoms with Crippen LogP contribution >= 0.6 is 0 Å². The molecule has 0 saturated carbocycles. The molecule has 0 aliphatic carbocycles. The minimum absolute atomic E-state index is 0.296. The zero-order chi connectivity index (χ0) is 24.4. The molecule has 184 valence electrons. The number of nitrogens with one attached hydrogen (secondary N) is 1. The van der Waals surface area contributed by atoms with E-state index < -0.39 is 11.7 Å². The van der Waals surface area contributed by atoms with Gasteiger partial charge in [-0.1, -0.05) is 54.6 Å². The summed E-state index contributed by atoms with van der Waals surface area (Å²) in [6, 6.07) is 22.3.